The average molecular weight is 418 g/mol. The first-order valence-corrected chi connectivity index (χ1v) is 10.2. The summed E-state index contributed by atoms with van der Waals surface area (Å²) in [5.74, 6) is -0.586. The van der Waals surface area contributed by atoms with E-state index in [4.69, 9.17) is 21.1 Å². The van der Waals surface area contributed by atoms with Gasteiger partial charge >= 0.3 is 0 Å². The maximum atomic E-state index is 12.8. The van der Waals surface area contributed by atoms with Gasteiger partial charge in [-0.1, -0.05) is 11.6 Å². The number of halogens is 1. The smallest absolute Gasteiger partial charge is 0.262 e. The number of fused-ring (bicyclic) bond motifs is 1. The molecule has 1 aromatic rings. The number of hydrogen-bond donors (Lipinski definition) is 2. The zero-order valence-corrected chi connectivity index (χ0v) is 16.2. The minimum Gasteiger partial charge on any atom is -0.482 e. The Labute approximate surface area is 162 Å². The molecular formula is C16H20ClN3O6S. The predicted molar refractivity (Wildman–Crippen MR) is 97.4 cm³/mol. The fourth-order valence-electron chi connectivity index (χ4n) is 2.82. The summed E-state index contributed by atoms with van der Waals surface area (Å²) in [6, 6.07) is 2.55. The van der Waals surface area contributed by atoms with Crippen LogP contribution in [-0.2, 0) is 24.3 Å². The number of ether oxygens (including phenoxy) is 2. The van der Waals surface area contributed by atoms with Crippen molar-refractivity contribution in [1.82, 2.24) is 9.62 Å². The third-order valence-corrected chi connectivity index (χ3v) is 6.54. The number of nitrogens with zero attached hydrogens (tertiary/aromatic N) is 1. The number of rotatable bonds is 6. The Kier molecular flexibility index (Phi) is 5.89. The molecule has 2 N–H and O–H groups in total. The van der Waals surface area contributed by atoms with Crippen molar-refractivity contribution < 1.29 is 27.5 Å². The van der Waals surface area contributed by atoms with Gasteiger partial charge in [0, 0.05) is 26.3 Å². The number of benzene rings is 1. The molecule has 9 nitrogen and oxygen atoms in total. The van der Waals surface area contributed by atoms with E-state index in [1.54, 1.807) is 0 Å². The van der Waals surface area contributed by atoms with Gasteiger partial charge in [-0.25, -0.2) is 8.42 Å². The number of likely N-dealkylation sites (N-methyl/N-ethyl adjacent to an activating group) is 1. The summed E-state index contributed by atoms with van der Waals surface area (Å²) in [7, 11) is -2.74. The number of nitrogens with one attached hydrogen (secondary N) is 2. The number of hydrogen-bond acceptors (Lipinski definition) is 6. The molecule has 0 saturated carbocycles. The fourth-order valence-corrected chi connectivity index (χ4v) is 4.46. The van der Waals surface area contributed by atoms with Gasteiger partial charge in [0.25, 0.3) is 5.91 Å². The highest BCUT2D eigenvalue weighted by Crippen LogP contribution is 2.36. The Morgan fingerprint density at radius 3 is 2.93 bits per heavy atom. The van der Waals surface area contributed by atoms with E-state index < -0.39 is 15.9 Å². The number of amides is 2. The van der Waals surface area contributed by atoms with Crippen molar-refractivity contribution in [2.45, 2.75) is 23.8 Å². The highest BCUT2D eigenvalue weighted by molar-refractivity contribution is 7.89. The molecule has 0 spiro atoms. The zero-order valence-electron chi connectivity index (χ0n) is 14.7. The van der Waals surface area contributed by atoms with Gasteiger partial charge < -0.3 is 20.1 Å². The van der Waals surface area contributed by atoms with Gasteiger partial charge in [0.1, 0.15) is 10.6 Å². The first kappa shape index (κ1) is 19.9. The van der Waals surface area contributed by atoms with Crippen LogP contribution >= 0.6 is 11.6 Å². The van der Waals surface area contributed by atoms with Gasteiger partial charge in [-0.3, -0.25) is 9.59 Å². The van der Waals surface area contributed by atoms with Crippen molar-refractivity contribution >= 4 is 39.1 Å². The predicted octanol–water partition coefficient (Wildman–Crippen LogP) is 0.587. The fraction of sp³-hybridized carbons (Fsp3) is 0.500. The van der Waals surface area contributed by atoms with Crippen LogP contribution in [0.4, 0.5) is 5.69 Å². The lowest BCUT2D eigenvalue weighted by Gasteiger charge is -2.22. The SMILES string of the molecule is CN(CC(=O)NCC1CCCO1)S(=O)(=O)c1cc2c(cc1Cl)NC(=O)CO2. The normalized spacial score (nSPS) is 19.4. The number of carbonyl (C=O) groups is 2. The van der Waals surface area contributed by atoms with Gasteiger partial charge in [-0.2, -0.15) is 4.31 Å². The lowest BCUT2D eigenvalue weighted by molar-refractivity contribution is -0.121. The Bertz CT molecular complexity index is 854. The van der Waals surface area contributed by atoms with E-state index in [0.717, 1.165) is 17.1 Å². The quantitative estimate of drug-likeness (QED) is 0.700. The standard InChI is InChI=1S/C16H20ClN3O6S/c1-20(8-15(21)18-7-10-3-2-4-25-10)27(23,24)14-6-13-12(5-11(14)17)19-16(22)9-26-13/h5-6,10H,2-4,7-9H2,1H3,(H,18,21)(H,19,22). The second kappa shape index (κ2) is 8.01. The van der Waals surface area contributed by atoms with Crippen LogP contribution in [0.1, 0.15) is 12.8 Å². The molecule has 0 aromatic heterocycles. The monoisotopic (exact) mass is 417 g/mol. The number of anilines is 1. The first-order chi connectivity index (χ1) is 12.8. The highest BCUT2D eigenvalue weighted by Gasteiger charge is 2.29. The molecule has 2 heterocycles. The molecule has 0 aliphatic carbocycles. The molecule has 2 aliphatic rings. The molecule has 1 saturated heterocycles. The summed E-state index contributed by atoms with van der Waals surface area (Å²) in [6.07, 6.45) is 1.79. The van der Waals surface area contributed by atoms with Crippen molar-refractivity contribution in [3.05, 3.63) is 17.2 Å². The maximum Gasteiger partial charge on any atom is 0.262 e. The maximum absolute atomic E-state index is 12.8. The van der Waals surface area contributed by atoms with Crippen LogP contribution in [0.2, 0.25) is 5.02 Å². The lowest BCUT2D eigenvalue weighted by Crippen LogP contribution is -2.41. The molecule has 0 radical (unpaired) electrons. The summed E-state index contributed by atoms with van der Waals surface area (Å²) in [6.45, 7) is 0.448. The highest BCUT2D eigenvalue weighted by atomic mass is 35.5. The van der Waals surface area contributed by atoms with Crippen molar-refractivity contribution in [1.29, 1.82) is 0 Å². The summed E-state index contributed by atoms with van der Waals surface area (Å²) in [5, 5.41) is 5.15. The van der Waals surface area contributed by atoms with Crippen LogP contribution in [-0.4, -0.2) is 64.0 Å². The summed E-state index contributed by atoms with van der Waals surface area (Å²) in [5.41, 5.74) is 0.298. The van der Waals surface area contributed by atoms with E-state index in [1.165, 1.54) is 19.2 Å². The molecule has 11 heteroatoms. The Morgan fingerprint density at radius 2 is 2.22 bits per heavy atom. The van der Waals surface area contributed by atoms with E-state index in [-0.39, 0.29) is 40.8 Å². The van der Waals surface area contributed by atoms with E-state index in [2.05, 4.69) is 10.6 Å². The van der Waals surface area contributed by atoms with Gasteiger partial charge in [0.05, 0.1) is 23.4 Å². The first-order valence-electron chi connectivity index (χ1n) is 8.38. The van der Waals surface area contributed by atoms with E-state index >= 15 is 0 Å². The summed E-state index contributed by atoms with van der Waals surface area (Å²) < 4.78 is 37.1. The van der Waals surface area contributed by atoms with E-state index in [1.807, 2.05) is 0 Å². The number of sulfonamides is 1. The van der Waals surface area contributed by atoms with E-state index in [9.17, 15) is 18.0 Å². The van der Waals surface area contributed by atoms with Crippen molar-refractivity contribution in [2.75, 3.05) is 38.7 Å². The molecule has 1 aromatic carbocycles. The van der Waals surface area contributed by atoms with Crippen molar-refractivity contribution in [3.63, 3.8) is 0 Å². The van der Waals surface area contributed by atoms with Crippen LogP contribution in [0.15, 0.2) is 17.0 Å². The third-order valence-electron chi connectivity index (χ3n) is 4.27. The van der Waals surface area contributed by atoms with Crippen LogP contribution in [0, 0.1) is 0 Å². The lowest BCUT2D eigenvalue weighted by atomic mass is 10.2. The van der Waals surface area contributed by atoms with Crippen LogP contribution in [0.5, 0.6) is 5.75 Å². The molecule has 2 amide bonds. The van der Waals surface area contributed by atoms with Gasteiger partial charge in [0.2, 0.25) is 15.9 Å². The molecular weight excluding hydrogens is 398 g/mol. The minimum atomic E-state index is -4.03. The van der Waals surface area contributed by atoms with Gasteiger partial charge in [-0.05, 0) is 18.9 Å². The molecule has 27 heavy (non-hydrogen) atoms. The second-order valence-corrected chi connectivity index (χ2v) is 8.74. The number of carbonyl (C=O) groups excluding carboxylic acids is 2. The van der Waals surface area contributed by atoms with E-state index in [0.29, 0.717) is 18.8 Å². The van der Waals surface area contributed by atoms with Crippen molar-refractivity contribution in [3.8, 4) is 5.75 Å². The van der Waals surface area contributed by atoms with Crippen LogP contribution in [0.25, 0.3) is 0 Å². The van der Waals surface area contributed by atoms with Gasteiger partial charge in [-0.15, -0.1) is 0 Å². The Hall–Kier alpha value is -1.88. The topological polar surface area (TPSA) is 114 Å². The third kappa shape index (κ3) is 4.52. The molecule has 1 unspecified atom stereocenters. The molecule has 3 rings (SSSR count). The summed E-state index contributed by atoms with van der Waals surface area (Å²) in [4.78, 5) is 23.2. The van der Waals surface area contributed by atoms with Gasteiger partial charge in [0.15, 0.2) is 6.61 Å². The molecule has 148 valence electrons. The summed E-state index contributed by atoms with van der Waals surface area (Å²) >= 11 is 6.09. The largest absolute Gasteiger partial charge is 0.482 e. The van der Waals surface area contributed by atoms with Crippen LogP contribution < -0.4 is 15.4 Å². The Morgan fingerprint density at radius 1 is 1.44 bits per heavy atom. The molecule has 1 atom stereocenters. The van der Waals surface area contributed by atoms with Crippen LogP contribution in [0.3, 0.4) is 0 Å². The average Bonchev–Trinajstić information content (AvgIpc) is 3.12. The molecule has 2 aliphatic heterocycles. The molecule has 0 bridgehead atoms. The molecule has 1 fully saturated rings. The second-order valence-electron chi connectivity index (χ2n) is 6.32. The minimum absolute atomic E-state index is 0.0293. The Balaban J connectivity index is 1.69. The van der Waals surface area contributed by atoms with Crippen molar-refractivity contribution in [2.24, 2.45) is 0 Å². The zero-order chi connectivity index (χ0) is 19.6.